The van der Waals surface area contributed by atoms with Crippen molar-refractivity contribution in [1.82, 2.24) is 5.32 Å². The lowest BCUT2D eigenvalue weighted by Crippen LogP contribution is -2.45. The standard InChI is InChI=1S/C12H20N2O5.ClH/c1-18-10(15)6-9(12(17)19-2)14-11(16)7-3-4-8(13)5-7;/h7-9H,3-6,13H2,1-2H3,(H,14,16);1H. The lowest BCUT2D eigenvalue weighted by Gasteiger charge is -2.18. The van der Waals surface area contributed by atoms with E-state index in [0.29, 0.717) is 12.8 Å². The number of ether oxygens (including phenoxy) is 2. The van der Waals surface area contributed by atoms with Crippen LogP contribution < -0.4 is 11.1 Å². The molecule has 3 atom stereocenters. The van der Waals surface area contributed by atoms with Crippen LogP contribution in [-0.4, -0.2) is 44.1 Å². The van der Waals surface area contributed by atoms with Gasteiger partial charge >= 0.3 is 11.9 Å². The van der Waals surface area contributed by atoms with Crippen LogP contribution in [0.4, 0.5) is 0 Å². The summed E-state index contributed by atoms with van der Waals surface area (Å²) in [6.45, 7) is 0. The molecule has 0 radical (unpaired) electrons. The molecule has 116 valence electrons. The van der Waals surface area contributed by atoms with Crippen molar-refractivity contribution in [3.8, 4) is 0 Å². The molecule has 0 saturated heterocycles. The van der Waals surface area contributed by atoms with Crippen molar-refractivity contribution in [2.24, 2.45) is 11.7 Å². The quantitative estimate of drug-likeness (QED) is 0.679. The van der Waals surface area contributed by atoms with E-state index >= 15 is 0 Å². The summed E-state index contributed by atoms with van der Waals surface area (Å²) in [7, 11) is 2.42. The Hall–Kier alpha value is -1.34. The van der Waals surface area contributed by atoms with E-state index in [2.05, 4.69) is 14.8 Å². The average molecular weight is 309 g/mol. The van der Waals surface area contributed by atoms with Crippen LogP contribution in [0.15, 0.2) is 0 Å². The van der Waals surface area contributed by atoms with Gasteiger partial charge in [0.2, 0.25) is 5.91 Å². The van der Waals surface area contributed by atoms with Crippen LogP contribution in [0.5, 0.6) is 0 Å². The van der Waals surface area contributed by atoms with E-state index in [1.807, 2.05) is 0 Å². The predicted octanol–water partition coefficient (Wildman–Crippen LogP) is -0.243. The Bertz CT molecular complexity index is 364. The van der Waals surface area contributed by atoms with E-state index in [-0.39, 0.29) is 36.7 Å². The van der Waals surface area contributed by atoms with Gasteiger partial charge in [-0.25, -0.2) is 4.79 Å². The second-order valence-electron chi connectivity index (χ2n) is 4.63. The van der Waals surface area contributed by atoms with Crippen LogP contribution in [0.3, 0.4) is 0 Å². The Balaban J connectivity index is 0.00000361. The van der Waals surface area contributed by atoms with Crippen LogP contribution in [0.1, 0.15) is 25.7 Å². The molecule has 0 aromatic carbocycles. The molecule has 1 rings (SSSR count). The summed E-state index contributed by atoms with van der Waals surface area (Å²) >= 11 is 0. The van der Waals surface area contributed by atoms with E-state index in [4.69, 9.17) is 5.73 Å². The Morgan fingerprint density at radius 3 is 2.35 bits per heavy atom. The van der Waals surface area contributed by atoms with Gasteiger partial charge in [-0.3, -0.25) is 9.59 Å². The molecule has 3 unspecified atom stereocenters. The Labute approximate surface area is 124 Å². The maximum Gasteiger partial charge on any atom is 0.328 e. The van der Waals surface area contributed by atoms with Gasteiger partial charge in [-0.2, -0.15) is 0 Å². The first-order chi connectivity index (χ1) is 8.97. The molecule has 0 aromatic rings. The second kappa shape index (κ2) is 8.76. The first-order valence-electron chi connectivity index (χ1n) is 6.18. The predicted molar refractivity (Wildman–Crippen MR) is 73.1 cm³/mol. The molecular weight excluding hydrogens is 288 g/mol. The number of nitrogens with two attached hydrogens (primary N) is 1. The van der Waals surface area contributed by atoms with Crippen LogP contribution in [-0.2, 0) is 23.9 Å². The van der Waals surface area contributed by atoms with E-state index in [1.54, 1.807) is 0 Å². The number of nitrogens with one attached hydrogen (secondary N) is 1. The topological polar surface area (TPSA) is 108 Å². The first-order valence-corrected chi connectivity index (χ1v) is 6.18. The van der Waals surface area contributed by atoms with Crippen LogP contribution in [0.2, 0.25) is 0 Å². The van der Waals surface area contributed by atoms with E-state index in [9.17, 15) is 14.4 Å². The molecule has 1 fully saturated rings. The van der Waals surface area contributed by atoms with Crippen molar-refractivity contribution >= 4 is 30.3 Å². The highest BCUT2D eigenvalue weighted by atomic mass is 35.5. The monoisotopic (exact) mass is 308 g/mol. The summed E-state index contributed by atoms with van der Waals surface area (Å²) in [4.78, 5) is 34.7. The average Bonchev–Trinajstić information content (AvgIpc) is 2.83. The van der Waals surface area contributed by atoms with Crippen molar-refractivity contribution in [1.29, 1.82) is 0 Å². The Morgan fingerprint density at radius 2 is 1.90 bits per heavy atom. The number of hydrogen-bond acceptors (Lipinski definition) is 6. The van der Waals surface area contributed by atoms with Gasteiger partial charge in [-0.15, -0.1) is 12.4 Å². The van der Waals surface area contributed by atoms with Gasteiger partial charge in [0.15, 0.2) is 0 Å². The zero-order valence-corrected chi connectivity index (χ0v) is 12.4. The van der Waals surface area contributed by atoms with Crippen molar-refractivity contribution in [2.75, 3.05) is 14.2 Å². The third kappa shape index (κ3) is 5.34. The van der Waals surface area contributed by atoms with Gasteiger partial charge in [-0.05, 0) is 19.3 Å². The third-order valence-corrected chi connectivity index (χ3v) is 3.24. The van der Waals surface area contributed by atoms with Gasteiger partial charge < -0.3 is 20.5 Å². The van der Waals surface area contributed by atoms with Crippen molar-refractivity contribution in [3.05, 3.63) is 0 Å². The number of hydrogen-bond donors (Lipinski definition) is 2. The largest absolute Gasteiger partial charge is 0.469 e. The summed E-state index contributed by atoms with van der Waals surface area (Å²) in [6.07, 6.45) is 1.84. The zero-order valence-electron chi connectivity index (χ0n) is 11.6. The van der Waals surface area contributed by atoms with Gasteiger partial charge in [0, 0.05) is 12.0 Å². The molecule has 1 aliphatic rings. The first kappa shape index (κ1) is 18.7. The van der Waals surface area contributed by atoms with E-state index in [1.165, 1.54) is 14.2 Å². The number of rotatable bonds is 5. The highest BCUT2D eigenvalue weighted by molar-refractivity contribution is 5.89. The number of methoxy groups -OCH3 is 2. The molecule has 0 aromatic heterocycles. The summed E-state index contributed by atoms with van der Waals surface area (Å²) < 4.78 is 9.04. The van der Waals surface area contributed by atoms with E-state index < -0.39 is 18.0 Å². The molecule has 0 bridgehead atoms. The fraction of sp³-hybridized carbons (Fsp3) is 0.750. The van der Waals surface area contributed by atoms with Gasteiger partial charge in [-0.1, -0.05) is 0 Å². The van der Waals surface area contributed by atoms with Crippen molar-refractivity contribution in [2.45, 2.75) is 37.8 Å². The summed E-state index contributed by atoms with van der Waals surface area (Å²) in [5.41, 5.74) is 5.74. The molecule has 1 aliphatic carbocycles. The zero-order chi connectivity index (χ0) is 14.4. The second-order valence-corrected chi connectivity index (χ2v) is 4.63. The van der Waals surface area contributed by atoms with Crippen molar-refractivity contribution < 1.29 is 23.9 Å². The number of halogens is 1. The number of carbonyl (C=O) groups is 3. The molecular formula is C12H21ClN2O5. The SMILES string of the molecule is COC(=O)CC(NC(=O)C1CCC(N)C1)C(=O)OC.Cl. The molecule has 0 heterocycles. The lowest BCUT2D eigenvalue weighted by molar-refractivity contribution is -0.151. The van der Waals surface area contributed by atoms with Crippen LogP contribution in [0, 0.1) is 5.92 Å². The number of amides is 1. The number of carbonyl (C=O) groups excluding carboxylic acids is 3. The highest BCUT2D eigenvalue weighted by Crippen LogP contribution is 2.24. The summed E-state index contributed by atoms with van der Waals surface area (Å²) in [6, 6.07) is -0.991. The Kier molecular flexibility index (Phi) is 8.17. The molecule has 0 spiro atoms. The minimum atomic E-state index is -1.01. The molecule has 7 nitrogen and oxygen atoms in total. The van der Waals surface area contributed by atoms with Gasteiger partial charge in [0.05, 0.1) is 20.6 Å². The van der Waals surface area contributed by atoms with Crippen LogP contribution >= 0.6 is 12.4 Å². The van der Waals surface area contributed by atoms with E-state index in [0.717, 1.165) is 6.42 Å². The molecule has 1 amide bonds. The van der Waals surface area contributed by atoms with Gasteiger partial charge in [0.1, 0.15) is 6.04 Å². The fourth-order valence-corrected chi connectivity index (χ4v) is 2.13. The van der Waals surface area contributed by atoms with Crippen LogP contribution in [0.25, 0.3) is 0 Å². The molecule has 1 saturated carbocycles. The normalized spacial score (nSPS) is 22.4. The summed E-state index contributed by atoms with van der Waals surface area (Å²) in [5, 5.41) is 2.53. The minimum absolute atomic E-state index is 0. The maximum atomic E-state index is 12.0. The van der Waals surface area contributed by atoms with Gasteiger partial charge in [0.25, 0.3) is 0 Å². The lowest BCUT2D eigenvalue weighted by atomic mass is 10.1. The highest BCUT2D eigenvalue weighted by Gasteiger charge is 2.32. The third-order valence-electron chi connectivity index (χ3n) is 3.24. The number of esters is 2. The smallest absolute Gasteiger partial charge is 0.328 e. The maximum absolute atomic E-state index is 12.0. The Morgan fingerprint density at radius 1 is 1.25 bits per heavy atom. The molecule has 20 heavy (non-hydrogen) atoms. The summed E-state index contributed by atoms with van der Waals surface area (Å²) in [5.74, 6) is -1.73. The molecule has 0 aliphatic heterocycles. The minimum Gasteiger partial charge on any atom is -0.469 e. The molecule has 8 heteroatoms. The fourth-order valence-electron chi connectivity index (χ4n) is 2.13. The van der Waals surface area contributed by atoms with Crippen molar-refractivity contribution in [3.63, 3.8) is 0 Å². The molecule has 3 N–H and O–H groups in total.